The van der Waals surface area contributed by atoms with Crippen molar-refractivity contribution in [3.63, 3.8) is 0 Å². The van der Waals surface area contributed by atoms with Gasteiger partial charge in [-0.2, -0.15) is 0 Å². The SMILES string of the molecule is O=C(N1CCOCC1)C12CC(CN1)C2. The molecule has 1 aliphatic carbocycles. The molecular formula is C10H16N2O2. The normalized spacial score (nSPS) is 40.9. The summed E-state index contributed by atoms with van der Waals surface area (Å²) in [4.78, 5) is 14.1. The van der Waals surface area contributed by atoms with Gasteiger partial charge in [-0.05, 0) is 25.3 Å². The van der Waals surface area contributed by atoms with E-state index in [-0.39, 0.29) is 5.54 Å². The van der Waals surface area contributed by atoms with Crippen molar-refractivity contribution in [3.8, 4) is 0 Å². The minimum atomic E-state index is -0.165. The van der Waals surface area contributed by atoms with Gasteiger partial charge < -0.3 is 15.0 Å². The largest absolute Gasteiger partial charge is 0.378 e. The second kappa shape index (κ2) is 2.94. The maximum atomic E-state index is 12.2. The number of morpholine rings is 1. The van der Waals surface area contributed by atoms with Crippen LogP contribution in [-0.4, -0.2) is 49.2 Å². The van der Waals surface area contributed by atoms with Gasteiger partial charge in [0, 0.05) is 13.1 Å². The summed E-state index contributed by atoms with van der Waals surface area (Å²) in [7, 11) is 0. The molecule has 4 rings (SSSR count). The van der Waals surface area contributed by atoms with Crippen LogP contribution in [0.3, 0.4) is 0 Å². The Kier molecular flexibility index (Phi) is 1.82. The second-order valence-electron chi connectivity index (χ2n) is 4.64. The van der Waals surface area contributed by atoms with Crippen molar-refractivity contribution in [1.29, 1.82) is 0 Å². The minimum absolute atomic E-state index is 0.165. The molecule has 4 heteroatoms. The van der Waals surface area contributed by atoms with Crippen LogP contribution in [-0.2, 0) is 9.53 Å². The molecule has 4 aliphatic rings. The molecule has 0 aromatic carbocycles. The van der Waals surface area contributed by atoms with Crippen molar-refractivity contribution >= 4 is 5.91 Å². The van der Waals surface area contributed by atoms with E-state index in [1.165, 1.54) is 0 Å². The standard InChI is InChI=1S/C10H16N2O2/c13-9(12-1-3-14-4-2-12)10-5-8(6-10)7-11-10/h8,11H,1-7H2. The molecule has 1 N–H and O–H groups in total. The average Bonchev–Trinajstić information content (AvgIpc) is 2.77. The van der Waals surface area contributed by atoms with Crippen LogP contribution in [0.1, 0.15) is 12.8 Å². The van der Waals surface area contributed by atoms with E-state index in [2.05, 4.69) is 5.32 Å². The van der Waals surface area contributed by atoms with Crippen molar-refractivity contribution in [2.45, 2.75) is 18.4 Å². The van der Waals surface area contributed by atoms with Crippen LogP contribution in [0.2, 0.25) is 0 Å². The van der Waals surface area contributed by atoms with Gasteiger partial charge in [-0.1, -0.05) is 0 Å². The van der Waals surface area contributed by atoms with E-state index in [1.807, 2.05) is 4.90 Å². The fourth-order valence-electron chi connectivity index (χ4n) is 2.87. The summed E-state index contributed by atoms with van der Waals surface area (Å²) < 4.78 is 5.24. The van der Waals surface area contributed by atoms with Crippen molar-refractivity contribution in [3.05, 3.63) is 0 Å². The molecule has 14 heavy (non-hydrogen) atoms. The maximum Gasteiger partial charge on any atom is 0.243 e. The molecule has 1 saturated carbocycles. The lowest BCUT2D eigenvalue weighted by Crippen LogP contribution is -2.59. The highest BCUT2D eigenvalue weighted by Gasteiger charge is 2.56. The Morgan fingerprint density at radius 2 is 2.07 bits per heavy atom. The number of amides is 1. The van der Waals surface area contributed by atoms with Crippen LogP contribution in [0, 0.1) is 5.92 Å². The third kappa shape index (κ3) is 1.10. The molecule has 78 valence electrons. The van der Waals surface area contributed by atoms with Crippen molar-refractivity contribution in [2.75, 3.05) is 32.8 Å². The molecule has 4 nitrogen and oxygen atoms in total. The van der Waals surface area contributed by atoms with Crippen molar-refractivity contribution < 1.29 is 9.53 Å². The molecule has 3 aliphatic heterocycles. The first kappa shape index (κ1) is 8.68. The Labute approximate surface area is 83.6 Å². The lowest BCUT2D eigenvalue weighted by atomic mass is 9.72. The fourth-order valence-corrected chi connectivity index (χ4v) is 2.87. The Hall–Kier alpha value is -0.610. The van der Waals surface area contributed by atoms with E-state index < -0.39 is 0 Å². The smallest absolute Gasteiger partial charge is 0.243 e. The quantitative estimate of drug-likeness (QED) is 0.620. The zero-order chi connectivity index (χ0) is 9.60. The highest BCUT2D eigenvalue weighted by Crippen LogP contribution is 2.44. The number of hydrogen-bond donors (Lipinski definition) is 1. The molecule has 3 saturated heterocycles. The monoisotopic (exact) mass is 196 g/mol. The Morgan fingerprint density at radius 3 is 2.64 bits per heavy atom. The average molecular weight is 196 g/mol. The summed E-state index contributed by atoms with van der Waals surface area (Å²) in [6, 6.07) is 0. The van der Waals surface area contributed by atoms with Crippen molar-refractivity contribution in [2.24, 2.45) is 5.92 Å². The zero-order valence-corrected chi connectivity index (χ0v) is 8.29. The van der Waals surface area contributed by atoms with E-state index in [0.717, 1.165) is 38.4 Å². The summed E-state index contributed by atoms with van der Waals surface area (Å²) in [6.07, 6.45) is 2.12. The zero-order valence-electron chi connectivity index (χ0n) is 8.29. The fraction of sp³-hybridized carbons (Fsp3) is 0.900. The lowest BCUT2D eigenvalue weighted by molar-refractivity contribution is -0.144. The number of ether oxygens (including phenoxy) is 1. The van der Waals surface area contributed by atoms with Gasteiger partial charge in [-0.3, -0.25) is 4.79 Å². The third-order valence-corrected chi connectivity index (χ3v) is 3.71. The van der Waals surface area contributed by atoms with Crippen LogP contribution in [0.25, 0.3) is 0 Å². The van der Waals surface area contributed by atoms with E-state index in [0.29, 0.717) is 19.1 Å². The van der Waals surface area contributed by atoms with Gasteiger partial charge in [0.2, 0.25) is 5.91 Å². The Balaban J connectivity index is 1.69. The molecule has 3 heterocycles. The summed E-state index contributed by atoms with van der Waals surface area (Å²) in [5.74, 6) is 1.08. The molecule has 0 radical (unpaired) electrons. The van der Waals surface area contributed by atoms with E-state index >= 15 is 0 Å². The van der Waals surface area contributed by atoms with E-state index in [4.69, 9.17) is 4.74 Å². The minimum Gasteiger partial charge on any atom is -0.378 e. The molecule has 4 fully saturated rings. The number of carbonyl (C=O) groups is 1. The first-order valence-electron chi connectivity index (χ1n) is 5.42. The molecule has 2 bridgehead atoms. The van der Waals surface area contributed by atoms with Crippen LogP contribution >= 0.6 is 0 Å². The molecule has 0 spiro atoms. The first-order valence-corrected chi connectivity index (χ1v) is 5.42. The lowest BCUT2D eigenvalue weighted by Gasteiger charge is -2.41. The van der Waals surface area contributed by atoms with Gasteiger partial charge in [0.15, 0.2) is 0 Å². The number of fused-ring (bicyclic) bond motifs is 1. The predicted octanol–water partition coefficient (Wildman–Crippen LogP) is -0.403. The molecule has 0 unspecified atom stereocenters. The van der Waals surface area contributed by atoms with Gasteiger partial charge in [0.1, 0.15) is 0 Å². The summed E-state index contributed by atoms with van der Waals surface area (Å²) >= 11 is 0. The van der Waals surface area contributed by atoms with Gasteiger partial charge in [0.05, 0.1) is 18.8 Å². The Bertz CT molecular complexity index is 249. The van der Waals surface area contributed by atoms with Gasteiger partial charge in [-0.15, -0.1) is 0 Å². The molecule has 1 amide bonds. The van der Waals surface area contributed by atoms with Crippen LogP contribution in [0.4, 0.5) is 0 Å². The summed E-state index contributed by atoms with van der Waals surface area (Å²) in [6.45, 7) is 3.98. The number of nitrogens with one attached hydrogen (secondary N) is 1. The first-order chi connectivity index (χ1) is 6.80. The van der Waals surface area contributed by atoms with Gasteiger partial charge in [-0.25, -0.2) is 0 Å². The number of rotatable bonds is 1. The summed E-state index contributed by atoms with van der Waals surface area (Å²) in [5, 5.41) is 3.37. The predicted molar refractivity (Wildman–Crippen MR) is 50.9 cm³/mol. The third-order valence-electron chi connectivity index (χ3n) is 3.71. The van der Waals surface area contributed by atoms with E-state index in [9.17, 15) is 4.79 Å². The highest BCUT2D eigenvalue weighted by molar-refractivity contribution is 5.88. The molecular weight excluding hydrogens is 180 g/mol. The van der Waals surface area contributed by atoms with Crippen LogP contribution in [0.5, 0.6) is 0 Å². The number of hydrogen-bond acceptors (Lipinski definition) is 3. The van der Waals surface area contributed by atoms with Crippen LogP contribution < -0.4 is 5.32 Å². The van der Waals surface area contributed by atoms with Crippen molar-refractivity contribution in [1.82, 2.24) is 10.2 Å². The molecule has 0 aromatic heterocycles. The summed E-state index contributed by atoms with van der Waals surface area (Å²) in [5.41, 5.74) is -0.165. The number of carbonyl (C=O) groups excluding carboxylic acids is 1. The topological polar surface area (TPSA) is 41.6 Å². The van der Waals surface area contributed by atoms with Crippen LogP contribution in [0.15, 0.2) is 0 Å². The van der Waals surface area contributed by atoms with Gasteiger partial charge in [0.25, 0.3) is 0 Å². The second-order valence-corrected chi connectivity index (χ2v) is 4.64. The number of nitrogens with zero attached hydrogens (tertiary/aromatic N) is 1. The molecule has 0 aromatic rings. The van der Waals surface area contributed by atoms with Gasteiger partial charge >= 0.3 is 0 Å². The highest BCUT2D eigenvalue weighted by atomic mass is 16.5. The molecule has 0 atom stereocenters. The maximum absolute atomic E-state index is 12.2. The van der Waals surface area contributed by atoms with E-state index in [1.54, 1.807) is 0 Å². The Morgan fingerprint density at radius 1 is 1.36 bits per heavy atom.